The van der Waals surface area contributed by atoms with Crippen LogP contribution in [-0.4, -0.2) is 15.3 Å². The minimum absolute atomic E-state index is 0.312. The van der Waals surface area contributed by atoms with Crippen LogP contribution in [0.25, 0.3) is 11.7 Å². The van der Waals surface area contributed by atoms with Gasteiger partial charge in [-0.1, -0.05) is 30.3 Å². The summed E-state index contributed by atoms with van der Waals surface area (Å²) in [6.45, 7) is 0.312. The Morgan fingerprint density at radius 1 is 1.10 bits per heavy atom. The van der Waals surface area contributed by atoms with Crippen LogP contribution in [0.3, 0.4) is 0 Å². The zero-order valence-electron chi connectivity index (χ0n) is 15.5. The standard InChI is InChI=1S/C23H18FN3O2/c24-21-9-2-1-6-17(21)11-12-23(28)26-18-7-5-8-20(14-18)29-16-19-15-27-13-4-3-10-22(27)25-19/h1-15H,16H2,(H,26,28)/b12-11+. The maximum Gasteiger partial charge on any atom is 0.248 e. The smallest absolute Gasteiger partial charge is 0.248 e. The van der Waals surface area contributed by atoms with Crippen molar-refractivity contribution >= 4 is 23.3 Å². The second kappa shape index (κ2) is 8.39. The van der Waals surface area contributed by atoms with Crippen molar-refractivity contribution in [3.05, 3.63) is 102 Å². The van der Waals surface area contributed by atoms with E-state index in [1.54, 1.807) is 42.5 Å². The molecule has 0 atom stereocenters. The third-order valence-corrected chi connectivity index (χ3v) is 4.22. The molecule has 0 radical (unpaired) electrons. The van der Waals surface area contributed by atoms with Crippen LogP contribution in [0.2, 0.25) is 0 Å². The molecule has 2 aromatic carbocycles. The van der Waals surface area contributed by atoms with E-state index in [4.69, 9.17) is 4.74 Å². The van der Waals surface area contributed by atoms with Crippen molar-refractivity contribution in [3.8, 4) is 5.75 Å². The number of nitrogens with zero attached hydrogens (tertiary/aromatic N) is 2. The number of hydrogen-bond donors (Lipinski definition) is 1. The van der Waals surface area contributed by atoms with Gasteiger partial charge < -0.3 is 14.5 Å². The van der Waals surface area contributed by atoms with Gasteiger partial charge in [0.25, 0.3) is 0 Å². The third kappa shape index (κ3) is 4.68. The van der Waals surface area contributed by atoms with Crippen LogP contribution < -0.4 is 10.1 Å². The topological polar surface area (TPSA) is 55.6 Å². The maximum absolute atomic E-state index is 13.6. The largest absolute Gasteiger partial charge is 0.487 e. The highest BCUT2D eigenvalue weighted by Gasteiger charge is 2.04. The number of carbonyl (C=O) groups is 1. The summed E-state index contributed by atoms with van der Waals surface area (Å²) in [7, 11) is 0. The molecule has 2 aromatic heterocycles. The molecule has 0 aliphatic carbocycles. The average molecular weight is 387 g/mol. The van der Waals surface area contributed by atoms with E-state index in [0.29, 0.717) is 23.6 Å². The summed E-state index contributed by atoms with van der Waals surface area (Å²) in [5.41, 5.74) is 2.60. The number of amides is 1. The number of nitrogens with one attached hydrogen (secondary N) is 1. The molecule has 1 N–H and O–H groups in total. The van der Waals surface area contributed by atoms with Gasteiger partial charge in [0.05, 0.1) is 5.69 Å². The Labute approximate surface area is 167 Å². The summed E-state index contributed by atoms with van der Waals surface area (Å²) in [4.78, 5) is 16.6. The molecule has 4 rings (SSSR count). The van der Waals surface area contributed by atoms with Crippen LogP contribution in [0.5, 0.6) is 5.75 Å². The highest BCUT2D eigenvalue weighted by Crippen LogP contribution is 2.19. The number of anilines is 1. The summed E-state index contributed by atoms with van der Waals surface area (Å²) in [5.74, 6) is -0.123. The van der Waals surface area contributed by atoms with Gasteiger partial charge in [-0.05, 0) is 36.4 Å². The Balaban J connectivity index is 1.38. The van der Waals surface area contributed by atoms with Crippen molar-refractivity contribution < 1.29 is 13.9 Å². The molecule has 0 unspecified atom stereocenters. The minimum Gasteiger partial charge on any atom is -0.487 e. The second-order valence-corrected chi connectivity index (χ2v) is 6.36. The highest BCUT2D eigenvalue weighted by atomic mass is 19.1. The Morgan fingerprint density at radius 2 is 1.97 bits per heavy atom. The van der Waals surface area contributed by atoms with E-state index >= 15 is 0 Å². The lowest BCUT2D eigenvalue weighted by molar-refractivity contribution is -0.111. The number of hydrogen-bond acceptors (Lipinski definition) is 3. The van der Waals surface area contributed by atoms with Gasteiger partial charge >= 0.3 is 0 Å². The molecule has 1 amide bonds. The number of imidazole rings is 1. The minimum atomic E-state index is -0.376. The predicted octanol–water partition coefficient (Wildman–Crippen LogP) is 4.70. The molecule has 6 heteroatoms. The van der Waals surface area contributed by atoms with Crippen molar-refractivity contribution in [3.63, 3.8) is 0 Å². The molecule has 0 saturated carbocycles. The van der Waals surface area contributed by atoms with Crippen molar-refractivity contribution in [2.45, 2.75) is 6.61 Å². The molecule has 4 aromatic rings. The fourth-order valence-electron chi connectivity index (χ4n) is 2.84. The SMILES string of the molecule is O=C(/C=C/c1ccccc1F)Nc1cccc(OCc2cn3ccccc3n2)c1. The quantitative estimate of drug-likeness (QED) is 0.488. The van der Waals surface area contributed by atoms with E-state index in [0.717, 1.165) is 11.3 Å². The number of aromatic nitrogens is 2. The van der Waals surface area contributed by atoms with Crippen molar-refractivity contribution in [1.29, 1.82) is 0 Å². The molecule has 0 aliphatic rings. The predicted molar refractivity (Wildman–Crippen MR) is 110 cm³/mol. The van der Waals surface area contributed by atoms with Gasteiger partial charge in [-0.2, -0.15) is 0 Å². The summed E-state index contributed by atoms with van der Waals surface area (Å²) in [5, 5.41) is 2.74. The van der Waals surface area contributed by atoms with Gasteiger partial charge in [-0.25, -0.2) is 9.37 Å². The van der Waals surface area contributed by atoms with Gasteiger partial charge in [0, 0.05) is 35.8 Å². The summed E-state index contributed by atoms with van der Waals surface area (Å²) < 4.78 is 21.3. The van der Waals surface area contributed by atoms with Crippen LogP contribution in [0.15, 0.2) is 85.2 Å². The molecule has 5 nitrogen and oxygen atoms in total. The first kappa shape index (κ1) is 18.4. The number of benzene rings is 2. The van der Waals surface area contributed by atoms with E-state index in [-0.39, 0.29) is 11.7 Å². The molecular formula is C23H18FN3O2. The van der Waals surface area contributed by atoms with E-state index < -0.39 is 0 Å². The van der Waals surface area contributed by atoms with Crippen LogP contribution in [0.4, 0.5) is 10.1 Å². The zero-order chi connectivity index (χ0) is 20.1. The highest BCUT2D eigenvalue weighted by molar-refractivity contribution is 6.02. The molecule has 0 fully saturated rings. The monoisotopic (exact) mass is 387 g/mol. The van der Waals surface area contributed by atoms with Crippen LogP contribution >= 0.6 is 0 Å². The first-order valence-electron chi connectivity index (χ1n) is 9.06. The summed E-state index contributed by atoms with van der Waals surface area (Å²) in [6.07, 6.45) is 6.57. The van der Waals surface area contributed by atoms with Gasteiger partial charge in [-0.3, -0.25) is 4.79 Å². The number of carbonyl (C=O) groups excluding carboxylic acids is 1. The number of halogens is 1. The van der Waals surface area contributed by atoms with Crippen LogP contribution in [-0.2, 0) is 11.4 Å². The normalized spacial score (nSPS) is 11.1. The van der Waals surface area contributed by atoms with Gasteiger partial charge in [0.15, 0.2) is 0 Å². The summed E-state index contributed by atoms with van der Waals surface area (Å²) in [6, 6.07) is 19.1. The third-order valence-electron chi connectivity index (χ3n) is 4.22. The lowest BCUT2D eigenvalue weighted by atomic mass is 10.2. The lowest BCUT2D eigenvalue weighted by Crippen LogP contribution is -2.08. The fourth-order valence-corrected chi connectivity index (χ4v) is 2.84. The van der Waals surface area contributed by atoms with Gasteiger partial charge in [-0.15, -0.1) is 0 Å². The van der Waals surface area contributed by atoms with Gasteiger partial charge in [0.2, 0.25) is 5.91 Å². The Kier molecular flexibility index (Phi) is 5.33. The van der Waals surface area contributed by atoms with Crippen LogP contribution in [0, 0.1) is 5.82 Å². The van der Waals surface area contributed by atoms with E-state index in [1.807, 2.05) is 35.0 Å². The maximum atomic E-state index is 13.6. The van der Waals surface area contributed by atoms with Crippen LogP contribution in [0.1, 0.15) is 11.3 Å². The van der Waals surface area contributed by atoms with E-state index in [1.165, 1.54) is 18.2 Å². The molecule has 0 aliphatic heterocycles. The van der Waals surface area contributed by atoms with E-state index in [2.05, 4.69) is 10.3 Å². The van der Waals surface area contributed by atoms with E-state index in [9.17, 15) is 9.18 Å². The molecule has 0 spiro atoms. The number of fused-ring (bicyclic) bond motifs is 1. The Hall–Kier alpha value is -3.93. The van der Waals surface area contributed by atoms with Crippen molar-refractivity contribution in [1.82, 2.24) is 9.38 Å². The molecule has 0 saturated heterocycles. The zero-order valence-corrected chi connectivity index (χ0v) is 15.5. The number of pyridine rings is 1. The molecule has 29 heavy (non-hydrogen) atoms. The Morgan fingerprint density at radius 3 is 2.83 bits per heavy atom. The Bertz CT molecular complexity index is 1150. The second-order valence-electron chi connectivity index (χ2n) is 6.36. The number of ether oxygens (including phenoxy) is 1. The molecule has 144 valence electrons. The molecule has 0 bridgehead atoms. The first-order valence-corrected chi connectivity index (χ1v) is 9.06. The lowest BCUT2D eigenvalue weighted by Gasteiger charge is -2.07. The van der Waals surface area contributed by atoms with Crippen molar-refractivity contribution in [2.24, 2.45) is 0 Å². The van der Waals surface area contributed by atoms with Crippen molar-refractivity contribution in [2.75, 3.05) is 5.32 Å². The van der Waals surface area contributed by atoms with Gasteiger partial charge in [0.1, 0.15) is 23.8 Å². The number of rotatable bonds is 6. The summed E-state index contributed by atoms with van der Waals surface area (Å²) >= 11 is 0. The molecule has 2 heterocycles. The first-order chi connectivity index (χ1) is 14.2. The fraction of sp³-hybridized carbons (Fsp3) is 0.0435. The molecular weight excluding hydrogens is 369 g/mol. The average Bonchev–Trinajstić information content (AvgIpc) is 3.15.